The van der Waals surface area contributed by atoms with Crippen LogP contribution in [0.5, 0.6) is 0 Å². The van der Waals surface area contributed by atoms with Gasteiger partial charge in [0.1, 0.15) is 6.54 Å². The fourth-order valence-corrected chi connectivity index (χ4v) is 4.27. The number of imidazole rings is 1. The van der Waals surface area contributed by atoms with E-state index in [1.807, 2.05) is 0 Å². The maximum atomic E-state index is 12.9. The molecule has 0 unspecified atom stereocenters. The Balaban J connectivity index is 1.90. The molecule has 0 fully saturated rings. The highest BCUT2D eigenvalue weighted by Crippen LogP contribution is 2.35. The van der Waals surface area contributed by atoms with E-state index in [1.165, 1.54) is 54.3 Å². The molecule has 180 valence electrons. The van der Waals surface area contributed by atoms with Gasteiger partial charge in [-0.05, 0) is 49.5 Å². The zero-order chi connectivity index (χ0) is 24.9. The van der Waals surface area contributed by atoms with Gasteiger partial charge < -0.3 is 9.13 Å². The average molecular weight is 502 g/mol. The Labute approximate surface area is 189 Å². The second kappa shape index (κ2) is 8.17. The third-order valence-electron chi connectivity index (χ3n) is 5.10. The third-order valence-corrected chi connectivity index (χ3v) is 6.51. The van der Waals surface area contributed by atoms with Gasteiger partial charge in [-0.25, -0.2) is 18.1 Å². The third kappa shape index (κ3) is 4.66. The first-order chi connectivity index (χ1) is 15.8. The minimum atomic E-state index is -4.52. The Hall–Kier alpha value is -3.32. The summed E-state index contributed by atoms with van der Waals surface area (Å²) in [7, 11) is -2.61. The van der Waals surface area contributed by atoms with Crippen molar-refractivity contribution in [3.63, 3.8) is 0 Å². The van der Waals surface area contributed by atoms with E-state index in [4.69, 9.17) is 0 Å². The van der Waals surface area contributed by atoms with E-state index < -0.39 is 34.5 Å². The smallest absolute Gasteiger partial charge is 0.328 e. The SMILES string of the molecule is CNS(=O)(=O)c1ccc2c(c1)c(-c1cn(CC(F)(F)F)cn1)cn2-c1ccc(C(F)(F)F)cc1. The normalized spacial score (nSPS) is 13.0. The van der Waals surface area contributed by atoms with Crippen LogP contribution in [0.3, 0.4) is 0 Å². The molecule has 0 spiro atoms. The predicted molar refractivity (Wildman–Crippen MR) is 112 cm³/mol. The fraction of sp³-hybridized carbons (Fsp3) is 0.190. The number of benzene rings is 2. The molecule has 0 aliphatic carbocycles. The minimum absolute atomic E-state index is 0.0938. The number of nitrogens with one attached hydrogen (secondary N) is 1. The van der Waals surface area contributed by atoms with E-state index in [-0.39, 0.29) is 10.6 Å². The molecular weight excluding hydrogens is 486 g/mol. The standard InChI is InChI=1S/C21H16F6N4O2S/c1-28-34(32,33)15-6-7-19-16(8-15)17(18-10-30(12-29-18)11-20(22,23)24)9-31(19)14-4-2-13(3-5-14)21(25,26)27/h2-10,12,28H,11H2,1H3. The van der Waals surface area contributed by atoms with Crippen molar-refractivity contribution in [2.45, 2.75) is 23.8 Å². The molecule has 4 aromatic rings. The highest BCUT2D eigenvalue weighted by atomic mass is 32.2. The molecule has 2 aromatic heterocycles. The maximum Gasteiger partial charge on any atom is 0.416 e. The summed E-state index contributed by atoms with van der Waals surface area (Å²) in [5, 5.41) is 0.341. The van der Waals surface area contributed by atoms with Crippen molar-refractivity contribution < 1.29 is 34.8 Å². The van der Waals surface area contributed by atoms with Crippen LogP contribution < -0.4 is 4.72 Å². The van der Waals surface area contributed by atoms with Crippen LogP contribution in [0.4, 0.5) is 26.3 Å². The molecule has 1 N–H and O–H groups in total. The predicted octanol–water partition coefficient (Wildman–Crippen LogP) is 4.98. The molecular formula is C21H16F6N4O2S. The molecule has 0 bridgehead atoms. The maximum absolute atomic E-state index is 12.9. The van der Waals surface area contributed by atoms with Gasteiger partial charge in [-0.3, -0.25) is 0 Å². The van der Waals surface area contributed by atoms with E-state index in [2.05, 4.69) is 9.71 Å². The monoisotopic (exact) mass is 502 g/mol. The van der Waals surface area contributed by atoms with Gasteiger partial charge in [0, 0.05) is 29.0 Å². The molecule has 0 atom stereocenters. The zero-order valence-electron chi connectivity index (χ0n) is 17.3. The zero-order valence-corrected chi connectivity index (χ0v) is 18.1. The van der Waals surface area contributed by atoms with Crippen LogP contribution >= 0.6 is 0 Å². The van der Waals surface area contributed by atoms with E-state index in [9.17, 15) is 34.8 Å². The van der Waals surface area contributed by atoms with Gasteiger partial charge in [0.2, 0.25) is 10.0 Å². The van der Waals surface area contributed by atoms with Gasteiger partial charge in [-0.2, -0.15) is 26.3 Å². The number of halogens is 6. The lowest BCUT2D eigenvalue weighted by atomic mass is 10.1. The van der Waals surface area contributed by atoms with E-state index in [0.29, 0.717) is 22.2 Å². The topological polar surface area (TPSA) is 68.9 Å². The number of hydrogen-bond acceptors (Lipinski definition) is 3. The van der Waals surface area contributed by atoms with Gasteiger partial charge >= 0.3 is 12.4 Å². The first-order valence-electron chi connectivity index (χ1n) is 9.64. The lowest BCUT2D eigenvalue weighted by Crippen LogP contribution is -2.18. The Kier molecular flexibility index (Phi) is 5.72. The van der Waals surface area contributed by atoms with Crippen LogP contribution in [0.2, 0.25) is 0 Å². The van der Waals surface area contributed by atoms with Crippen molar-refractivity contribution in [3.05, 3.63) is 66.7 Å². The summed E-state index contributed by atoms with van der Waals surface area (Å²) in [6.07, 6.45) is -5.34. The van der Waals surface area contributed by atoms with Crippen molar-refractivity contribution in [2.75, 3.05) is 7.05 Å². The largest absolute Gasteiger partial charge is 0.416 e. The van der Waals surface area contributed by atoms with Crippen molar-refractivity contribution in [1.29, 1.82) is 0 Å². The molecule has 13 heteroatoms. The summed E-state index contributed by atoms with van der Waals surface area (Å²) in [4.78, 5) is 3.93. The number of sulfonamides is 1. The van der Waals surface area contributed by atoms with Crippen molar-refractivity contribution in [2.24, 2.45) is 0 Å². The van der Waals surface area contributed by atoms with Crippen LogP contribution in [0.25, 0.3) is 27.8 Å². The molecule has 0 saturated heterocycles. The van der Waals surface area contributed by atoms with Crippen LogP contribution in [0, 0.1) is 0 Å². The van der Waals surface area contributed by atoms with Crippen LogP contribution in [0.15, 0.2) is 66.1 Å². The summed E-state index contributed by atoms with van der Waals surface area (Å²) in [5.74, 6) is 0. The molecule has 0 radical (unpaired) electrons. The van der Waals surface area contributed by atoms with Crippen molar-refractivity contribution in [3.8, 4) is 16.9 Å². The van der Waals surface area contributed by atoms with Gasteiger partial charge in [0.25, 0.3) is 0 Å². The summed E-state index contributed by atoms with van der Waals surface area (Å²) in [6, 6.07) is 8.41. The van der Waals surface area contributed by atoms with Gasteiger partial charge in [0.05, 0.1) is 28.0 Å². The molecule has 34 heavy (non-hydrogen) atoms. The number of hydrogen-bond donors (Lipinski definition) is 1. The number of nitrogens with zero attached hydrogens (tertiary/aromatic N) is 3. The molecule has 0 aliphatic heterocycles. The second-order valence-corrected chi connectivity index (χ2v) is 9.28. The van der Waals surface area contributed by atoms with Gasteiger partial charge in [0.15, 0.2) is 0 Å². The van der Waals surface area contributed by atoms with E-state index >= 15 is 0 Å². The lowest BCUT2D eigenvalue weighted by molar-refractivity contribution is -0.140. The van der Waals surface area contributed by atoms with Crippen LogP contribution in [0.1, 0.15) is 5.56 Å². The fourth-order valence-electron chi connectivity index (χ4n) is 3.52. The average Bonchev–Trinajstić information content (AvgIpc) is 3.36. The minimum Gasteiger partial charge on any atom is -0.328 e. The first kappa shape index (κ1) is 23.8. The molecule has 0 saturated carbocycles. The highest BCUT2D eigenvalue weighted by molar-refractivity contribution is 7.89. The quantitative estimate of drug-likeness (QED) is 0.392. The van der Waals surface area contributed by atoms with Crippen molar-refractivity contribution in [1.82, 2.24) is 18.8 Å². The van der Waals surface area contributed by atoms with E-state index in [1.54, 1.807) is 0 Å². The number of alkyl halides is 6. The summed E-state index contributed by atoms with van der Waals surface area (Å²) < 4.78 is 106. The summed E-state index contributed by atoms with van der Waals surface area (Å²) in [6.45, 7) is -1.27. The van der Waals surface area contributed by atoms with Gasteiger partial charge in [-0.1, -0.05) is 0 Å². The Morgan fingerprint density at radius 2 is 1.65 bits per heavy atom. The number of aromatic nitrogens is 3. The molecule has 2 aromatic carbocycles. The molecule has 0 aliphatic rings. The van der Waals surface area contributed by atoms with Crippen LogP contribution in [-0.2, 0) is 22.7 Å². The second-order valence-electron chi connectivity index (χ2n) is 7.39. The Morgan fingerprint density at radius 3 is 2.24 bits per heavy atom. The molecule has 0 amide bonds. The van der Waals surface area contributed by atoms with E-state index in [0.717, 1.165) is 23.0 Å². The van der Waals surface area contributed by atoms with Gasteiger partial charge in [-0.15, -0.1) is 0 Å². The van der Waals surface area contributed by atoms with Crippen molar-refractivity contribution >= 4 is 20.9 Å². The summed E-state index contributed by atoms with van der Waals surface area (Å²) in [5.41, 5.74) is 0.363. The molecule has 2 heterocycles. The molecule has 6 nitrogen and oxygen atoms in total. The summed E-state index contributed by atoms with van der Waals surface area (Å²) >= 11 is 0. The first-order valence-corrected chi connectivity index (χ1v) is 11.1. The Bertz CT molecular complexity index is 1450. The van der Waals surface area contributed by atoms with Crippen LogP contribution in [-0.4, -0.2) is 35.8 Å². The highest BCUT2D eigenvalue weighted by Gasteiger charge is 2.30. The molecule has 4 rings (SSSR count). The number of rotatable bonds is 5. The lowest BCUT2D eigenvalue weighted by Gasteiger charge is -2.09. The number of fused-ring (bicyclic) bond motifs is 1. The Morgan fingerprint density at radius 1 is 0.971 bits per heavy atom.